The second kappa shape index (κ2) is 22.3. The molecule has 4 amide bonds. The number of likely N-dealkylation sites (N-methyl/N-ethyl adjacent to an activating group) is 2. The molecule has 14 heteroatoms. The third-order valence-electron chi connectivity index (χ3n) is 8.36. The Morgan fingerprint density at radius 3 is 0.980 bits per heavy atom. The fourth-order valence-corrected chi connectivity index (χ4v) is 5.98. The van der Waals surface area contributed by atoms with Crippen molar-refractivity contribution >= 4 is 24.0 Å². The maximum atomic E-state index is 11.7. The van der Waals surface area contributed by atoms with Crippen molar-refractivity contribution in [3.8, 4) is 0 Å². The number of nitrogens with two attached hydrogens (primary N) is 2. The number of nitrogens with zero attached hydrogens (tertiary/aromatic N) is 2. The van der Waals surface area contributed by atoms with Gasteiger partial charge in [-0.15, -0.1) is 0 Å². The Balaban J connectivity index is 0.000000385. The predicted octanol–water partition coefficient (Wildman–Crippen LogP) is 3.22. The number of hydrogen-bond acceptors (Lipinski definition) is 10. The van der Waals surface area contributed by atoms with E-state index in [0.29, 0.717) is 31.2 Å². The van der Waals surface area contributed by atoms with Crippen molar-refractivity contribution in [3.05, 3.63) is 0 Å². The van der Waals surface area contributed by atoms with E-state index in [2.05, 4.69) is 21.3 Å². The highest BCUT2D eigenvalue weighted by molar-refractivity contribution is 5.78. The summed E-state index contributed by atoms with van der Waals surface area (Å²) in [5.41, 5.74) is 10.7. The summed E-state index contributed by atoms with van der Waals surface area (Å²) in [6.45, 7) is 12.0. The molecule has 0 atom stereocenters. The molecule has 0 aromatic rings. The molecule has 3 fully saturated rings. The first kappa shape index (κ1) is 45.3. The number of nitrogens with one attached hydrogen (secondary N) is 4. The van der Waals surface area contributed by atoms with E-state index >= 15 is 0 Å². The molecule has 0 saturated heterocycles. The van der Waals surface area contributed by atoms with Gasteiger partial charge in [0.25, 0.3) is 0 Å². The molecule has 0 aliphatic heterocycles. The molecule has 3 aliphatic rings. The number of amides is 4. The van der Waals surface area contributed by atoms with E-state index in [4.69, 9.17) is 20.9 Å². The lowest BCUT2D eigenvalue weighted by Gasteiger charge is -2.30. The molecule has 0 bridgehead atoms. The van der Waals surface area contributed by atoms with Crippen LogP contribution in [0, 0.1) is 0 Å². The SMILES string of the molecule is CC(C)(C)OC(=O)NC1CCC(N)CC1.CN(C)CC(=O)NC1CCC(N)CC1.CN(C)CC(=O)NC1CCC(NC(=O)OC(C)(C)C)CC1. The van der Waals surface area contributed by atoms with E-state index in [9.17, 15) is 19.2 Å². The van der Waals surface area contributed by atoms with Gasteiger partial charge in [0.1, 0.15) is 11.2 Å². The third-order valence-corrected chi connectivity index (χ3v) is 8.36. The third kappa shape index (κ3) is 23.7. The minimum absolute atomic E-state index is 0.0588. The van der Waals surface area contributed by atoms with E-state index < -0.39 is 11.2 Å². The minimum atomic E-state index is -0.471. The van der Waals surface area contributed by atoms with Crippen LogP contribution in [-0.2, 0) is 19.1 Å². The smallest absolute Gasteiger partial charge is 0.407 e. The molecule has 14 nitrogen and oxygen atoms in total. The van der Waals surface area contributed by atoms with Crippen LogP contribution in [0.1, 0.15) is 119 Å². The Hall–Kier alpha value is -2.68. The fraction of sp³-hybridized carbons (Fsp3) is 0.889. The van der Waals surface area contributed by atoms with Crippen molar-refractivity contribution in [1.82, 2.24) is 31.1 Å². The molecular weight excluding hydrogens is 640 g/mol. The molecule has 3 rings (SSSR count). The summed E-state index contributed by atoms with van der Waals surface area (Å²) in [4.78, 5) is 50.0. The minimum Gasteiger partial charge on any atom is -0.444 e. The Morgan fingerprint density at radius 2 is 0.740 bits per heavy atom. The van der Waals surface area contributed by atoms with Gasteiger partial charge in [-0.05, 0) is 147 Å². The van der Waals surface area contributed by atoms with Gasteiger partial charge in [0.2, 0.25) is 11.8 Å². The quantitative estimate of drug-likeness (QED) is 0.218. The first-order valence-corrected chi connectivity index (χ1v) is 18.5. The number of alkyl carbamates (subject to hydrolysis) is 2. The molecule has 0 aromatic heterocycles. The number of ether oxygens (including phenoxy) is 2. The zero-order valence-electron chi connectivity index (χ0n) is 32.9. The summed E-state index contributed by atoms with van der Waals surface area (Å²) < 4.78 is 10.4. The molecule has 50 heavy (non-hydrogen) atoms. The van der Waals surface area contributed by atoms with Gasteiger partial charge < -0.3 is 52.0 Å². The van der Waals surface area contributed by atoms with Crippen LogP contribution in [0.2, 0.25) is 0 Å². The number of rotatable bonds is 8. The lowest BCUT2D eigenvalue weighted by molar-refractivity contribution is -0.123. The number of carbonyl (C=O) groups is 4. The van der Waals surface area contributed by atoms with E-state index in [1.54, 1.807) is 0 Å². The van der Waals surface area contributed by atoms with Crippen LogP contribution < -0.4 is 32.7 Å². The zero-order valence-corrected chi connectivity index (χ0v) is 32.9. The van der Waals surface area contributed by atoms with Crippen molar-refractivity contribution < 1.29 is 28.7 Å². The molecule has 8 N–H and O–H groups in total. The lowest BCUT2D eigenvalue weighted by Crippen LogP contribution is -2.46. The van der Waals surface area contributed by atoms with Crippen LogP contribution in [-0.4, -0.2) is 123 Å². The summed E-state index contributed by atoms with van der Waals surface area (Å²) in [7, 11) is 7.55. The first-order chi connectivity index (χ1) is 23.1. The monoisotopic (exact) mass is 713 g/mol. The topological polar surface area (TPSA) is 193 Å². The molecule has 0 radical (unpaired) electrons. The fourth-order valence-electron chi connectivity index (χ4n) is 5.98. The molecule has 0 unspecified atom stereocenters. The standard InChI is InChI=1S/C15H29N3O3.C11H22N2O2.C10H21N3O/c1-15(2,3)21-14(20)17-12-8-6-11(7-9-12)16-13(19)10-18(4)5;1-11(2,3)15-10(14)13-9-6-4-8(12)5-7-9;1-13(2)7-10(14)12-9-5-3-8(11)4-6-9/h11-12H,6-10H2,1-5H3,(H,16,19)(H,17,20);8-9H,4-7,12H2,1-3H3,(H,13,14);8-9H,3-7,11H2,1-2H3,(H,12,14). The highest BCUT2D eigenvalue weighted by Gasteiger charge is 2.26. The largest absolute Gasteiger partial charge is 0.444 e. The lowest BCUT2D eigenvalue weighted by atomic mass is 9.91. The summed E-state index contributed by atoms with van der Waals surface area (Å²) in [5, 5.41) is 11.9. The number of carbonyl (C=O) groups excluding carboxylic acids is 4. The Morgan fingerprint density at radius 1 is 0.500 bits per heavy atom. The van der Waals surface area contributed by atoms with Gasteiger partial charge in [-0.1, -0.05) is 0 Å². The summed E-state index contributed by atoms with van der Waals surface area (Å²) >= 11 is 0. The van der Waals surface area contributed by atoms with Crippen LogP contribution in [0.4, 0.5) is 9.59 Å². The molecule has 0 aromatic carbocycles. The molecule has 0 heterocycles. The first-order valence-electron chi connectivity index (χ1n) is 18.5. The van der Waals surface area contributed by atoms with Crippen LogP contribution >= 0.6 is 0 Å². The highest BCUT2D eigenvalue weighted by atomic mass is 16.6. The van der Waals surface area contributed by atoms with Gasteiger partial charge in [-0.3, -0.25) is 9.59 Å². The van der Waals surface area contributed by atoms with Crippen molar-refractivity contribution in [2.75, 3.05) is 41.3 Å². The molecule has 3 aliphatic carbocycles. The normalized spacial score (nSPS) is 25.5. The van der Waals surface area contributed by atoms with Crippen molar-refractivity contribution in [1.29, 1.82) is 0 Å². The van der Waals surface area contributed by atoms with E-state index in [-0.39, 0.29) is 42.1 Å². The summed E-state index contributed by atoms with van der Waals surface area (Å²) in [5.74, 6) is 0.180. The maximum Gasteiger partial charge on any atom is 0.407 e. The van der Waals surface area contributed by atoms with Gasteiger partial charge in [0.05, 0.1) is 13.1 Å². The molecule has 0 spiro atoms. The molecule has 292 valence electrons. The van der Waals surface area contributed by atoms with Gasteiger partial charge >= 0.3 is 12.2 Å². The predicted molar refractivity (Wildman–Crippen MR) is 199 cm³/mol. The number of hydrogen-bond donors (Lipinski definition) is 6. The Labute approximate surface area is 302 Å². The highest BCUT2D eigenvalue weighted by Crippen LogP contribution is 2.20. The summed E-state index contributed by atoms with van der Waals surface area (Å²) in [6.07, 6.45) is 10.9. The van der Waals surface area contributed by atoms with E-state index in [1.165, 1.54) is 0 Å². The van der Waals surface area contributed by atoms with Gasteiger partial charge in [-0.2, -0.15) is 0 Å². The average molecular weight is 713 g/mol. The van der Waals surface area contributed by atoms with Crippen LogP contribution in [0.5, 0.6) is 0 Å². The maximum absolute atomic E-state index is 11.7. The van der Waals surface area contributed by atoms with Crippen LogP contribution in [0.15, 0.2) is 0 Å². The summed E-state index contributed by atoms with van der Waals surface area (Å²) in [6, 6.07) is 1.59. The average Bonchev–Trinajstić information content (AvgIpc) is 2.94. The van der Waals surface area contributed by atoms with Crippen molar-refractivity contribution in [2.24, 2.45) is 11.5 Å². The van der Waals surface area contributed by atoms with Gasteiger partial charge in [-0.25, -0.2) is 9.59 Å². The van der Waals surface area contributed by atoms with Crippen LogP contribution in [0.25, 0.3) is 0 Å². The van der Waals surface area contributed by atoms with Crippen molar-refractivity contribution in [2.45, 2.75) is 166 Å². The molecule has 3 saturated carbocycles. The molecular formula is C36H72N8O6. The van der Waals surface area contributed by atoms with Crippen molar-refractivity contribution in [3.63, 3.8) is 0 Å². The zero-order chi connectivity index (χ0) is 38.1. The van der Waals surface area contributed by atoms with Gasteiger partial charge in [0, 0.05) is 36.3 Å². The second-order valence-corrected chi connectivity index (χ2v) is 16.7. The van der Waals surface area contributed by atoms with Crippen LogP contribution in [0.3, 0.4) is 0 Å². The Bertz CT molecular complexity index is 1010. The Kier molecular flexibility index (Phi) is 20.2. The van der Waals surface area contributed by atoms with Gasteiger partial charge in [0.15, 0.2) is 0 Å². The second-order valence-electron chi connectivity index (χ2n) is 16.7. The van der Waals surface area contributed by atoms with E-state index in [0.717, 1.165) is 77.0 Å². The van der Waals surface area contributed by atoms with E-state index in [1.807, 2.05) is 79.5 Å².